The minimum absolute atomic E-state index is 0.516. The van der Waals surface area contributed by atoms with E-state index in [9.17, 15) is 4.79 Å². The van der Waals surface area contributed by atoms with Gasteiger partial charge in [-0.25, -0.2) is 4.79 Å². The van der Waals surface area contributed by atoms with Crippen molar-refractivity contribution in [1.82, 2.24) is 4.72 Å². The molecule has 0 aliphatic heterocycles. The van der Waals surface area contributed by atoms with Crippen LogP contribution >= 0.6 is 0 Å². The van der Waals surface area contributed by atoms with Crippen LogP contribution in [0.1, 0.15) is 0 Å². The molecule has 0 spiro atoms. The Kier molecular flexibility index (Phi) is 4.25. The Morgan fingerprint density at radius 1 is 2.00 bits per heavy atom. The molecular formula is C4H7NO2S2. The number of hydrogen-bond donors (Lipinski definition) is 2. The number of carboxylic acid groups (broad SMARTS) is 1. The molecule has 0 aliphatic rings. The second-order valence-corrected chi connectivity index (χ2v) is 3.64. The van der Waals surface area contributed by atoms with Crippen molar-refractivity contribution in [1.29, 1.82) is 0 Å². The fourth-order valence-electron chi connectivity index (χ4n) is 0.246. The average molecular weight is 165 g/mol. The second kappa shape index (κ2) is 4.46. The predicted octanol–water partition coefficient (Wildman–Crippen LogP) is 0.435. The van der Waals surface area contributed by atoms with Crippen LogP contribution in [-0.4, -0.2) is 17.0 Å². The fraction of sp³-hybridized carbons (Fsp3) is 0.250. The van der Waals surface area contributed by atoms with Gasteiger partial charge < -0.3 is 5.11 Å². The third-order valence-electron chi connectivity index (χ3n) is 0.470. The van der Waals surface area contributed by atoms with Crippen LogP contribution in [0.3, 0.4) is 0 Å². The third-order valence-corrected chi connectivity index (χ3v) is 2.07. The molecule has 3 nitrogen and oxygen atoms in total. The van der Waals surface area contributed by atoms with E-state index in [1.165, 1.54) is 0 Å². The van der Waals surface area contributed by atoms with Crippen molar-refractivity contribution in [2.24, 2.45) is 0 Å². The maximum absolute atomic E-state index is 9.88. The van der Waals surface area contributed by atoms with Gasteiger partial charge in [-0.2, -0.15) is 0 Å². The Hall–Kier alpha value is -0.420. The highest BCUT2D eigenvalue weighted by Gasteiger charge is 1.94. The van der Waals surface area contributed by atoms with Crippen LogP contribution in [0.2, 0.25) is 0 Å². The largest absolute Gasteiger partial charge is 0.464 e. The zero-order valence-electron chi connectivity index (χ0n) is 4.66. The molecule has 0 bridgehead atoms. The van der Waals surface area contributed by atoms with Crippen molar-refractivity contribution in [2.75, 3.05) is 5.75 Å². The highest BCUT2D eigenvalue weighted by molar-refractivity contribution is 8.28. The summed E-state index contributed by atoms with van der Waals surface area (Å²) in [6.45, 7) is 3.42. The zero-order chi connectivity index (χ0) is 7.28. The van der Waals surface area contributed by atoms with Crippen LogP contribution in [0.25, 0.3) is 0 Å². The van der Waals surface area contributed by atoms with Crippen molar-refractivity contribution in [3.63, 3.8) is 0 Å². The van der Waals surface area contributed by atoms with Gasteiger partial charge in [-0.15, -0.1) is 6.58 Å². The SMILES string of the molecule is C=CCS(=S)NC(=O)O. The topological polar surface area (TPSA) is 49.3 Å². The molecule has 0 aromatic rings. The molecule has 2 N–H and O–H groups in total. The first-order valence-corrected chi connectivity index (χ1v) is 4.47. The molecule has 9 heavy (non-hydrogen) atoms. The summed E-state index contributed by atoms with van der Waals surface area (Å²) in [6.07, 6.45) is 0.515. The van der Waals surface area contributed by atoms with Crippen molar-refractivity contribution >= 4 is 26.9 Å². The van der Waals surface area contributed by atoms with Gasteiger partial charge in [0.05, 0.1) is 0 Å². The molecule has 1 amide bonds. The first-order chi connectivity index (χ1) is 4.16. The standard InChI is InChI=1S/C4H7NO2S2/c1-2-3-9(8)5-4(6)7/h2,5H,1,3H2,(H,6,7). The molecule has 0 rings (SSSR count). The van der Waals surface area contributed by atoms with Crippen molar-refractivity contribution in [3.8, 4) is 0 Å². The minimum Gasteiger partial charge on any atom is -0.464 e. The lowest BCUT2D eigenvalue weighted by molar-refractivity contribution is 0.202. The van der Waals surface area contributed by atoms with E-state index in [1.807, 2.05) is 0 Å². The normalized spacial score (nSPS) is 12.0. The van der Waals surface area contributed by atoms with E-state index in [4.69, 9.17) is 5.11 Å². The van der Waals surface area contributed by atoms with E-state index in [0.717, 1.165) is 0 Å². The molecule has 0 saturated heterocycles. The van der Waals surface area contributed by atoms with Gasteiger partial charge in [0, 0.05) is 5.75 Å². The highest BCUT2D eigenvalue weighted by atomic mass is 32.8. The van der Waals surface area contributed by atoms with E-state index < -0.39 is 15.7 Å². The van der Waals surface area contributed by atoms with E-state index in [1.54, 1.807) is 6.08 Å². The Morgan fingerprint density at radius 3 is 2.89 bits per heavy atom. The number of amides is 1. The Labute approximate surface area is 60.5 Å². The number of carbonyl (C=O) groups is 1. The molecule has 0 radical (unpaired) electrons. The summed E-state index contributed by atoms with van der Waals surface area (Å²) in [6, 6.07) is 0. The van der Waals surface area contributed by atoms with Gasteiger partial charge in [0.25, 0.3) is 0 Å². The summed E-state index contributed by atoms with van der Waals surface area (Å²) in [5.74, 6) is 0.516. The summed E-state index contributed by atoms with van der Waals surface area (Å²) in [5.41, 5.74) is 0. The molecule has 0 aromatic heterocycles. The van der Waals surface area contributed by atoms with E-state index in [0.29, 0.717) is 5.75 Å². The van der Waals surface area contributed by atoms with Gasteiger partial charge in [-0.3, -0.25) is 4.72 Å². The van der Waals surface area contributed by atoms with Crippen molar-refractivity contribution < 1.29 is 9.90 Å². The van der Waals surface area contributed by atoms with Gasteiger partial charge >= 0.3 is 6.09 Å². The molecule has 5 heteroatoms. The lowest BCUT2D eigenvalue weighted by Crippen LogP contribution is -2.23. The average Bonchev–Trinajstić information content (AvgIpc) is 1.63. The lowest BCUT2D eigenvalue weighted by atomic mass is 10.8. The van der Waals surface area contributed by atoms with Crippen LogP contribution in [0.15, 0.2) is 12.7 Å². The first-order valence-electron chi connectivity index (χ1n) is 2.15. The molecule has 1 unspecified atom stereocenters. The minimum atomic E-state index is -1.07. The van der Waals surface area contributed by atoms with Crippen LogP contribution in [0.4, 0.5) is 4.79 Å². The molecule has 1 atom stereocenters. The van der Waals surface area contributed by atoms with Crippen LogP contribution in [0, 0.1) is 0 Å². The molecule has 0 heterocycles. The van der Waals surface area contributed by atoms with Crippen LogP contribution in [-0.2, 0) is 20.8 Å². The predicted molar refractivity (Wildman–Crippen MR) is 41.0 cm³/mol. The van der Waals surface area contributed by atoms with Crippen LogP contribution < -0.4 is 4.72 Å². The third kappa shape index (κ3) is 5.45. The van der Waals surface area contributed by atoms with E-state index in [-0.39, 0.29) is 0 Å². The van der Waals surface area contributed by atoms with Gasteiger partial charge in [-0.05, 0) is 20.8 Å². The first kappa shape index (κ1) is 8.58. The summed E-state index contributed by atoms with van der Waals surface area (Å²) >= 11 is 4.68. The molecule has 0 fully saturated rings. The number of hydrogen-bond acceptors (Lipinski definition) is 2. The highest BCUT2D eigenvalue weighted by Crippen LogP contribution is 1.76. The van der Waals surface area contributed by atoms with Gasteiger partial charge in [0.15, 0.2) is 0 Å². The molecular weight excluding hydrogens is 158 g/mol. The maximum atomic E-state index is 9.88. The summed E-state index contributed by atoms with van der Waals surface area (Å²) in [4.78, 5) is 9.88. The van der Waals surface area contributed by atoms with E-state index >= 15 is 0 Å². The van der Waals surface area contributed by atoms with Gasteiger partial charge in [0.1, 0.15) is 0 Å². The van der Waals surface area contributed by atoms with E-state index in [2.05, 4.69) is 22.5 Å². The second-order valence-electron chi connectivity index (χ2n) is 1.21. The van der Waals surface area contributed by atoms with Crippen molar-refractivity contribution in [2.45, 2.75) is 0 Å². The van der Waals surface area contributed by atoms with Gasteiger partial charge in [-0.1, -0.05) is 6.08 Å². The summed E-state index contributed by atoms with van der Waals surface area (Å²) in [7, 11) is -0.684. The smallest absolute Gasteiger partial charge is 0.414 e. The summed E-state index contributed by atoms with van der Waals surface area (Å²) < 4.78 is 2.13. The maximum Gasteiger partial charge on any atom is 0.414 e. The van der Waals surface area contributed by atoms with Crippen molar-refractivity contribution in [3.05, 3.63) is 12.7 Å². The Balaban J connectivity index is 3.50. The lowest BCUT2D eigenvalue weighted by Gasteiger charge is -1.97. The molecule has 0 saturated carbocycles. The Bertz CT molecular complexity index is 146. The number of nitrogens with one attached hydrogen (secondary N) is 1. The molecule has 0 aromatic carbocycles. The number of rotatable bonds is 3. The molecule has 0 aliphatic carbocycles. The quantitative estimate of drug-likeness (QED) is 0.596. The van der Waals surface area contributed by atoms with Crippen LogP contribution in [0.5, 0.6) is 0 Å². The van der Waals surface area contributed by atoms with Gasteiger partial charge in [0.2, 0.25) is 0 Å². The summed E-state index contributed by atoms with van der Waals surface area (Å²) in [5, 5.41) is 8.11. The monoisotopic (exact) mass is 165 g/mol. The molecule has 52 valence electrons. The zero-order valence-corrected chi connectivity index (χ0v) is 6.30. The fourth-order valence-corrected chi connectivity index (χ4v) is 1.24. The Morgan fingerprint density at radius 2 is 2.56 bits per heavy atom.